The van der Waals surface area contributed by atoms with Crippen LogP contribution in [0.4, 0.5) is 5.69 Å². The molecule has 0 N–H and O–H groups in total. The summed E-state index contributed by atoms with van der Waals surface area (Å²) in [6, 6.07) is 15.8. The molecule has 0 unspecified atom stereocenters. The van der Waals surface area contributed by atoms with Gasteiger partial charge in [-0.3, -0.25) is 14.9 Å². The van der Waals surface area contributed by atoms with Gasteiger partial charge in [0, 0.05) is 30.8 Å². The molecule has 0 heterocycles. The number of rotatable bonds is 6. The Hall–Kier alpha value is -2.69. The van der Waals surface area contributed by atoms with Gasteiger partial charge in [-0.1, -0.05) is 36.4 Å². The number of nitro benzene ring substituents is 1. The molecule has 0 aliphatic heterocycles. The maximum Gasteiger partial charge on any atom is 0.270 e. The number of carbonyl (C=O) groups excluding carboxylic acids is 1. The zero-order chi connectivity index (χ0) is 15.9. The number of nitrogens with zero attached hydrogens (tertiary/aromatic N) is 2. The highest BCUT2D eigenvalue weighted by Gasteiger charge is 2.16. The van der Waals surface area contributed by atoms with E-state index in [1.54, 1.807) is 11.0 Å². The van der Waals surface area contributed by atoms with E-state index in [1.807, 2.05) is 37.3 Å². The third-order valence-corrected chi connectivity index (χ3v) is 3.49. The SMILES string of the molecule is CCN(CCc1ccccc1)C(=O)c1cccc([N+](=O)[O-])c1. The molecule has 2 rings (SSSR count). The summed E-state index contributed by atoms with van der Waals surface area (Å²) in [5.74, 6) is -0.179. The van der Waals surface area contributed by atoms with E-state index < -0.39 is 4.92 Å². The molecule has 0 fully saturated rings. The molecule has 0 aliphatic carbocycles. The normalized spacial score (nSPS) is 10.2. The van der Waals surface area contributed by atoms with Gasteiger partial charge in [-0.25, -0.2) is 0 Å². The molecule has 5 heteroatoms. The lowest BCUT2D eigenvalue weighted by Gasteiger charge is -2.21. The molecule has 0 spiro atoms. The first-order valence-electron chi connectivity index (χ1n) is 7.19. The highest BCUT2D eigenvalue weighted by molar-refractivity contribution is 5.94. The van der Waals surface area contributed by atoms with Crippen molar-refractivity contribution in [2.75, 3.05) is 13.1 Å². The van der Waals surface area contributed by atoms with Crippen LogP contribution in [0.15, 0.2) is 54.6 Å². The number of amides is 1. The molecule has 0 aromatic heterocycles. The van der Waals surface area contributed by atoms with E-state index in [-0.39, 0.29) is 11.6 Å². The highest BCUT2D eigenvalue weighted by atomic mass is 16.6. The topological polar surface area (TPSA) is 63.5 Å². The van der Waals surface area contributed by atoms with Gasteiger partial charge < -0.3 is 4.90 Å². The maximum atomic E-state index is 12.5. The second-order valence-corrected chi connectivity index (χ2v) is 4.93. The van der Waals surface area contributed by atoms with E-state index in [0.717, 1.165) is 12.0 Å². The summed E-state index contributed by atoms with van der Waals surface area (Å²) in [6.07, 6.45) is 0.759. The van der Waals surface area contributed by atoms with Crippen molar-refractivity contribution in [3.8, 4) is 0 Å². The Morgan fingerprint density at radius 1 is 1.14 bits per heavy atom. The Labute approximate surface area is 129 Å². The zero-order valence-electron chi connectivity index (χ0n) is 12.4. The molecule has 0 aliphatic rings. The van der Waals surface area contributed by atoms with E-state index >= 15 is 0 Å². The van der Waals surface area contributed by atoms with Crippen molar-refractivity contribution in [3.63, 3.8) is 0 Å². The number of non-ortho nitro benzene ring substituents is 1. The molecule has 0 saturated carbocycles. The van der Waals surface area contributed by atoms with Gasteiger partial charge in [-0.2, -0.15) is 0 Å². The first-order valence-corrected chi connectivity index (χ1v) is 7.19. The second-order valence-electron chi connectivity index (χ2n) is 4.93. The summed E-state index contributed by atoms with van der Waals surface area (Å²) in [5, 5.41) is 10.8. The van der Waals surface area contributed by atoms with Crippen molar-refractivity contribution < 1.29 is 9.72 Å². The predicted octanol–water partition coefficient (Wildman–Crippen LogP) is 3.30. The van der Waals surface area contributed by atoms with Gasteiger partial charge in [0.15, 0.2) is 0 Å². The molecule has 2 aromatic rings. The summed E-state index contributed by atoms with van der Waals surface area (Å²) in [6.45, 7) is 3.05. The largest absolute Gasteiger partial charge is 0.339 e. The lowest BCUT2D eigenvalue weighted by atomic mass is 10.1. The standard InChI is InChI=1S/C17H18N2O3/c1-2-18(12-11-14-7-4-3-5-8-14)17(20)15-9-6-10-16(13-15)19(21)22/h3-10,13H,2,11-12H2,1H3. The Morgan fingerprint density at radius 2 is 1.86 bits per heavy atom. The van der Waals surface area contributed by atoms with Crippen LogP contribution in [0.1, 0.15) is 22.8 Å². The van der Waals surface area contributed by atoms with Crippen molar-refractivity contribution in [2.45, 2.75) is 13.3 Å². The molecule has 0 bridgehead atoms. The lowest BCUT2D eigenvalue weighted by Crippen LogP contribution is -2.32. The van der Waals surface area contributed by atoms with Crippen LogP contribution in [0, 0.1) is 10.1 Å². The first kappa shape index (κ1) is 15.7. The van der Waals surface area contributed by atoms with Gasteiger partial charge in [0.2, 0.25) is 0 Å². The van der Waals surface area contributed by atoms with E-state index in [9.17, 15) is 14.9 Å². The molecule has 22 heavy (non-hydrogen) atoms. The smallest absolute Gasteiger partial charge is 0.270 e. The fourth-order valence-electron chi connectivity index (χ4n) is 2.25. The van der Waals surface area contributed by atoms with Gasteiger partial charge in [0.05, 0.1) is 4.92 Å². The van der Waals surface area contributed by atoms with E-state index in [2.05, 4.69) is 0 Å². The van der Waals surface area contributed by atoms with Crippen LogP contribution in [0.25, 0.3) is 0 Å². The molecule has 0 atom stereocenters. The minimum atomic E-state index is -0.489. The average Bonchev–Trinajstić information content (AvgIpc) is 2.56. The number of hydrogen-bond acceptors (Lipinski definition) is 3. The fraction of sp³-hybridized carbons (Fsp3) is 0.235. The van der Waals surface area contributed by atoms with Gasteiger partial charge >= 0.3 is 0 Å². The Balaban J connectivity index is 2.08. The molecular formula is C17H18N2O3. The summed E-state index contributed by atoms with van der Waals surface area (Å²) < 4.78 is 0. The lowest BCUT2D eigenvalue weighted by molar-refractivity contribution is -0.384. The van der Waals surface area contributed by atoms with Crippen LogP contribution in [-0.4, -0.2) is 28.8 Å². The molecule has 2 aromatic carbocycles. The fourth-order valence-corrected chi connectivity index (χ4v) is 2.25. The van der Waals surface area contributed by atoms with E-state index in [0.29, 0.717) is 18.7 Å². The molecule has 0 saturated heterocycles. The zero-order valence-corrected chi connectivity index (χ0v) is 12.4. The van der Waals surface area contributed by atoms with Crippen LogP contribution in [-0.2, 0) is 6.42 Å². The number of nitro groups is 1. The maximum absolute atomic E-state index is 12.5. The van der Waals surface area contributed by atoms with Crippen LogP contribution >= 0.6 is 0 Å². The van der Waals surface area contributed by atoms with E-state index in [4.69, 9.17) is 0 Å². The highest BCUT2D eigenvalue weighted by Crippen LogP contribution is 2.15. The average molecular weight is 298 g/mol. The van der Waals surface area contributed by atoms with Gasteiger partial charge in [0.25, 0.3) is 11.6 Å². The van der Waals surface area contributed by atoms with Crippen molar-refractivity contribution in [1.82, 2.24) is 4.90 Å². The second kappa shape index (κ2) is 7.36. The predicted molar refractivity (Wildman–Crippen MR) is 84.8 cm³/mol. The van der Waals surface area contributed by atoms with Crippen LogP contribution in [0.3, 0.4) is 0 Å². The Bertz CT molecular complexity index is 656. The molecule has 0 radical (unpaired) electrons. The van der Waals surface area contributed by atoms with Crippen LogP contribution in [0.5, 0.6) is 0 Å². The van der Waals surface area contributed by atoms with Gasteiger partial charge in [-0.05, 0) is 25.0 Å². The first-order chi connectivity index (χ1) is 10.6. The van der Waals surface area contributed by atoms with E-state index in [1.165, 1.54) is 18.2 Å². The number of benzene rings is 2. The van der Waals surface area contributed by atoms with Gasteiger partial charge in [-0.15, -0.1) is 0 Å². The van der Waals surface area contributed by atoms with Crippen molar-refractivity contribution in [3.05, 3.63) is 75.8 Å². The van der Waals surface area contributed by atoms with Crippen LogP contribution in [0.2, 0.25) is 0 Å². The van der Waals surface area contributed by atoms with Crippen molar-refractivity contribution >= 4 is 11.6 Å². The minimum absolute atomic E-state index is 0.0648. The summed E-state index contributed by atoms with van der Waals surface area (Å²) in [7, 11) is 0. The van der Waals surface area contributed by atoms with Crippen molar-refractivity contribution in [1.29, 1.82) is 0 Å². The molecular weight excluding hydrogens is 280 g/mol. The number of likely N-dealkylation sites (N-methyl/N-ethyl adjacent to an activating group) is 1. The third-order valence-electron chi connectivity index (χ3n) is 3.49. The molecule has 5 nitrogen and oxygen atoms in total. The summed E-state index contributed by atoms with van der Waals surface area (Å²) >= 11 is 0. The molecule has 114 valence electrons. The number of carbonyl (C=O) groups is 1. The summed E-state index contributed by atoms with van der Waals surface area (Å²) in [5.41, 5.74) is 1.45. The number of hydrogen-bond donors (Lipinski definition) is 0. The Morgan fingerprint density at radius 3 is 2.50 bits per heavy atom. The minimum Gasteiger partial charge on any atom is -0.339 e. The van der Waals surface area contributed by atoms with Gasteiger partial charge in [0.1, 0.15) is 0 Å². The third kappa shape index (κ3) is 3.91. The Kier molecular flexibility index (Phi) is 5.25. The quantitative estimate of drug-likeness (QED) is 0.607. The van der Waals surface area contributed by atoms with Crippen molar-refractivity contribution in [2.24, 2.45) is 0 Å². The van der Waals surface area contributed by atoms with Crippen LogP contribution < -0.4 is 0 Å². The summed E-state index contributed by atoms with van der Waals surface area (Å²) in [4.78, 5) is 24.5. The molecule has 1 amide bonds. The monoisotopic (exact) mass is 298 g/mol.